The Kier molecular flexibility index (Phi) is 3.71. The summed E-state index contributed by atoms with van der Waals surface area (Å²) in [5, 5.41) is 0. The van der Waals surface area contributed by atoms with E-state index in [1.807, 2.05) is 34.8 Å². The largest absolute Gasteiger partial charge is 0.297 e. The van der Waals surface area contributed by atoms with Crippen molar-refractivity contribution in [2.45, 2.75) is 36.2 Å². The van der Waals surface area contributed by atoms with Crippen LogP contribution in [0, 0.1) is 5.92 Å². The Labute approximate surface area is 154 Å². The molecule has 1 atom stereocenters. The smallest absolute Gasteiger partial charge is 0.244 e. The summed E-state index contributed by atoms with van der Waals surface area (Å²) in [5.41, 5.74) is 1.77. The summed E-state index contributed by atoms with van der Waals surface area (Å²) in [6.07, 6.45) is 6.84. The molecule has 0 bridgehead atoms. The van der Waals surface area contributed by atoms with Crippen molar-refractivity contribution in [1.29, 1.82) is 0 Å². The molecule has 5 nitrogen and oxygen atoms in total. The molecule has 3 heterocycles. The van der Waals surface area contributed by atoms with Crippen molar-refractivity contribution in [3.05, 3.63) is 59.9 Å². The number of hydrogen-bond donors (Lipinski definition) is 0. The fraction of sp³-hybridized carbons (Fsp3) is 0.450. The van der Waals surface area contributed by atoms with Crippen molar-refractivity contribution in [3.8, 4) is 0 Å². The van der Waals surface area contributed by atoms with Crippen LogP contribution in [0.15, 0.2) is 53.7 Å². The first kappa shape index (κ1) is 16.4. The highest BCUT2D eigenvalue weighted by Gasteiger charge is 2.57. The van der Waals surface area contributed by atoms with E-state index in [1.54, 1.807) is 12.3 Å². The Balaban J connectivity index is 1.51. The predicted octanol–water partition coefficient (Wildman–Crippen LogP) is 2.60. The normalized spacial score (nSPS) is 27.8. The molecule has 2 aliphatic heterocycles. The fourth-order valence-electron chi connectivity index (χ4n) is 4.55. The van der Waals surface area contributed by atoms with Gasteiger partial charge in [-0.25, -0.2) is 8.42 Å². The first-order valence-corrected chi connectivity index (χ1v) is 10.8. The van der Waals surface area contributed by atoms with Gasteiger partial charge < -0.3 is 0 Å². The molecule has 26 heavy (non-hydrogen) atoms. The molecule has 1 aliphatic carbocycles. The molecule has 1 saturated carbocycles. The summed E-state index contributed by atoms with van der Waals surface area (Å²) in [7, 11) is -3.40. The maximum atomic E-state index is 13.3. The summed E-state index contributed by atoms with van der Waals surface area (Å²) < 4.78 is 28.4. The molecule has 0 N–H and O–H groups in total. The number of pyridine rings is 1. The lowest BCUT2D eigenvalue weighted by Gasteiger charge is -2.34. The number of hydrogen-bond acceptors (Lipinski definition) is 4. The van der Waals surface area contributed by atoms with Gasteiger partial charge in [-0.2, -0.15) is 4.31 Å². The van der Waals surface area contributed by atoms with Gasteiger partial charge in [0, 0.05) is 38.6 Å². The number of nitrogens with zero attached hydrogens (tertiary/aromatic N) is 3. The summed E-state index contributed by atoms with van der Waals surface area (Å²) in [6, 6.07) is 11.7. The van der Waals surface area contributed by atoms with Crippen LogP contribution in [0.2, 0.25) is 0 Å². The van der Waals surface area contributed by atoms with Crippen LogP contribution < -0.4 is 0 Å². The first-order chi connectivity index (χ1) is 12.6. The van der Waals surface area contributed by atoms with E-state index in [1.165, 1.54) is 5.56 Å². The molecule has 0 unspecified atom stereocenters. The van der Waals surface area contributed by atoms with Gasteiger partial charge in [-0.05, 0) is 48.4 Å². The number of rotatable bonds is 4. The Bertz CT molecular complexity index is 927. The molecule has 5 rings (SSSR count). The quantitative estimate of drug-likeness (QED) is 0.831. The number of sulfonamides is 1. The van der Waals surface area contributed by atoms with Crippen molar-refractivity contribution in [1.82, 2.24) is 14.2 Å². The van der Waals surface area contributed by atoms with Gasteiger partial charge in [0.25, 0.3) is 0 Å². The van der Waals surface area contributed by atoms with Gasteiger partial charge in [-0.1, -0.05) is 24.3 Å². The molecule has 1 saturated heterocycles. The molecule has 0 amide bonds. The van der Waals surface area contributed by atoms with Gasteiger partial charge in [-0.15, -0.1) is 0 Å². The second-order valence-corrected chi connectivity index (χ2v) is 9.66. The summed E-state index contributed by atoms with van der Waals surface area (Å²) >= 11 is 0. The Morgan fingerprint density at radius 1 is 1.15 bits per heavy atom. The zero-order chi connectivity index (χ0) is 17.8. The topological polar surface area (TPSA) is 53.5 Å². The van der Waals surface area contributed by atoms with Crippen LogP contribution >= 0.6 is 0 Å². The summed E-state index contributed by atoms with van der Waals surface area (Å²) in [5.74, 6) is 0.531. The minimum atomic E-state index is -3.40. The zero-order valence-corrected chi connectivity index (χ0v) is 15.5. The highest BCUT2D eigenvalue weighted by molar-refractivity contribution is 7.89. The van der Waals surface area contributed by atoms with Crippen molar-refractivity contribution in [3.63, 3.8) is 0 Å². The van der Waals surface area contributed by atoms with Gasteiger partial charge in [0.2, 0.25) is 10.0 Å². The lowest BCUT2D eigenvalue weighted by molar-refractivity contribution is 0.185. The maximum absolute atomic E-state index is 13.3. The predicted molar refractivity (Wildman–Crippen MR) is 98.9 cm³/mol. The van der Waals surface area contributed by atoms with Crippen molar-refractivity contribution in [2.24, 2.45) is 5.92 Å². The molecular formula is C20H23N3O2S. The van der Waals surface area contributed by atoms with E-state index < -0.39 is 15.6 Å². The van der Waals surface area contributed by atoms with Crippen LogP contribution in [-0.2, 0) is 22.1 Å². The molecule has 2 fully saturated rings. The van der Waals surface area contributed by atoms with Gasteiger partial charge in [-0.3, -0.25) is 9.88 Å². The van der Waals surface area contributed by atoms with E-state index in [0.29, 0.717) is 17.4 Å². The average molecular weight is 369 g/mol. The average Bonchev–Trinajstić information content (AvgIpc) is 3.36. The van der Waals surface area contributed by atoms with E-state index in [9.17, 15) is 8.42 Å². The Hall–Kier alpha value is -1.76. The third kappa shape index (κ3) is 2.51. The highest BCUT2D eigenvalue weighted by Crippen LogP contribution is 2.51. The van der Waals surface area contributed by atoms with Gasteiger partial charge >= 0.3 is 0 Å². The standard InChI is InChI=1S/C20H23N3O2S/c24-26(25)19-6-2-1-5-18(19)20(23(26)14-16-7-8-16)9-11-22(15-20)13-17-4-3-10-21-12-17/h1-6,10,12,16H,7-9,11,13-15H2/t20-/m0/s1. The van der Waals surface area contributed by atoms with E-state index in [-0.39, 0.29) is 0 Å². The first-order valence-electron chi connectivity index (χ1n) is 9.33. The van der Waals surface area contributed by atoms with Gasteiger partial charge in [0.15, 0.2) is 0 Å². The maximum Gasteiger partial charge on any atom is 0.244 e. The van der Waals surface area contributed by atoms with Crippen LogP contribution in [-0.4, -0.2) is 42.2 Å². The summed E-state index contributed by atoms with van der Waals surface area (Å²) in [6.45, 7) is 3.14. The highest BCUT2D eigenvalue weighted by atomic mass is 32.2. The molecular weight excluding hydrogens is 346 g/mol. The van der Waals surface area contributed by atoms with Crippen LogP contribution in [0.3, 0.4) is 0 Å². The number of fused-ring (bicyclic) bond motifs is 2. The van der Waals surface area contributed by atoms with Crippen LogP contribution in [0.4, 0.5) is 0 Å². The molecule has 136 valence electrons. The summed E-state index contributed by atoms with van der Waals surface area (Å²) in [4.78, 5) is 7.09. The molecule has 6 heteroatoms. The third-order valence-electron chi connectivity index (χ3n) is 6.01. The van der Waals surface area contributed by atoms with Crippen molar-refractivity contribution in [2.75, 3.05) is 19.6 Å². The fourth-order valence-corrected chi connectivity index (χ4v) is 6.68. The van der Waals surface area contributed by atoms with Crippen LogP contribution in [0.25, 0.3) is 0 Å². The molecule has 0 radical (unpaired) electrons. The third-order valence-corrected chi connectivity index (χ3v) is 8.00. The molecule has 1 aromatic carbocycles. The minimum absolute atomic E-state index is 0.403. The monoisotopic (exact) mass is 369 g/mol. The van der Waals surface area contributed by atoms with E-state index in [4.69, 9.17) is 0 Å². The number of aromatic nitrogens is 1. The van der Waals surface area contributed by atoms with Crippen molar-refractivity contribution < 1.29 is 8.42 Å². The number of benzene rings is 1. The van der Waals surface area contributed by atoms with E-state index in [2.05, 4.69) is 16.0 Å². The van der Waals surface area contributed by atoms with E-state index >= 15 is 0 Å². The molecule has 2 aromatic rings. The zero-order valence-electron chi connectivity index (χ0n) is 14.7. The van der Waals surface area contributed by atoms with Crippen molar-refractivity contribution >= 4 is 10.0 Å². The second-order valence-electron chi connectivity index (χ2n) is 7.83. The molecule has 1 aromatic heterocycles. The SMILES string of the molecule is O=S1(=O)c2ccccc2[C@@]2(CCN(Cc3cccnc3)C2)N1CC1CC1. The van der Waals surface area contributed by atoms with Gasteiger partial charge in [0.1, 0.15) is 0 Å². The van der Waals surface area contributed by atoms with Crippen LogP contribution in [0.1, 0.15) is 30.4 Å². The minimum Gasteiger partial charge on any atom is -0.297 e. The second kappa shape index (κ2) is 5.87. The van der Waals surface area contributed by atoms with Crippen LogP contribution in [0.5, 0.6) is 0 Å². The number of likely N-dealkylation sites (tertiary alicyclic amines) is 1. The Morgan fingerprint density at radius 2 is 2.00 bits per heavy atom. The molecule has 3 aliphatic rings. The molecule has 1 spiro atoms. The lowest BCUT2D eigenvalue weighted by atomic mass is 9.88. The van der Waals surface area contributed by atoms with Gasteiger partial charge in [0.05, 0.1) is 10.4 Å². The Morgan fingerprint density at radius 3 is 2.77 bits per heavy atom. The van der Waals surface area contributed by atoms with E-state index in [0.717, 1.165) is 44.5 Å². The lowest BCUT2D eigenvalue weighted by Crippen LogP contribution is -2.46.